The van der Waals surface area contributed by atoms with Gasteiger partial charge in [0.2, 0.25) is 5.89 Å². The van der Waals surface area contributed by atoms with Gasteiger partial charge in [-0.25, -0.2) is 0 Å². The number of aromatic nitrogens is 2. The van der Waals surface area contributed by atoms with Gasteiger partial charge in [-0.1, -0.05) is 32.9 Å². The van der Waals surface area contributed by atoms with Crippen molar-refractivity contribution < 1.29 is 4.52 Å². The van der Waals surface area contributed by atoms with Crippen molar-refractivity contribution in [3.63, 3.8) is 0 Å². The lowest BCUT2D eigenvalue weighted by Crippen LogP contribution is -2.26. The third-order valence-electron chi connectivity index (χ3n) is 3.18. The van der Waals surface area contributed by atoms with E-state index in [1.807, 2.05) is 0 Å². The molecule has 0 saturated heterocycles. The molecule has 1 aromatic heterocycles. The van der Waals surface area contributed by atoms with Crippen LogP contribution in [0.2, 0.25) is 0 Å². The largest absolute Gasteiger partial charge is 0.338 e. The third kappa shape index (κ3) is 1.91. The molecule has 1 saturated carbocycles. The molecular weight excluding hydrogens is 190 g/mol. The Morgan fingerprint density at radius 2 is 2.00 bits per heavy atom. The van der Waals surface area contributed by atoms with Crippen molar-refractivity contribution >= 4 is 0 Å². The van der Waals surface area contributed by atoms with E-state index in [9.17, 15) is 0 Å². The molecule has 4 heteroatoms. The molecule has 2 N–H and O–H groups in total. The van der Waals surface area contributed by atoms with Gasteiger partial charge in [0.1, 0.15) is 0 Å². The van der Waals surface area contributed by atoms with Gasteiger partial charge in [0.25, 0.3) is 0 Å². The number of rotatable bonds is 2. The zero-order chi connectivity index (χ0) is 11.3. The number of hydrogen-bond donors (Lipinski definition) is 1. The van der Waals surface area contributed by atoms with Gasteiger partial charge in [0, 0.05) is 5.41 Å². The zero-order valence-electron chi connectivity index (χ0n) is 9.87. The van der Waals surface area contributed by atoms with E-state index in [2.05, 4.69) is 37.8 Å². The lowest BCUT2D eigenvalue weighted by atomic mass is 9.87. The summed E-state index contributed by atoms with van der Waals surface area (Å²) in [7, 11) is 0. The van der Waals surface area contributed by atoms with E-state index < -0.39 is 0 Å². The highest BCUT2D eigenvalue weighted by atomic mass is 16.5. The first-order valence-electron chi connectivity index (χ1n) is 5.43. The summed E-state index contributed by atoms with van der Waals surface area (Å²) in [5.74, 6) is 1.38. The molecular formula is C11H19N3O. The Balaban J connectivity index is 2.20. The molecule has 1 atom stereocenters. The number of nitrogens with two attached hydrogens (primary N) is 1. The van der Waals surface area contributed by atoms with E-state index >= 15 is 0 Å². The first-order chi connectivity index (χ1) is 6.83. The summed E-state index contributed by atoms with van der Waals surface area (Å²) in [6.45, 7) is 8.37. The maximum atomic E-state index is 6.05. The summed E-state index contributed by atoms with van der Waals surface area (Å²) < 4.78 is 5.23. The molecule has 4 nitrogen and oxygen atoms in total. The first-order valence-corrected chi connectivity index (χ1v) is 5.43. The SMILES string of the molecule is CC1(c2noc(C(N)C(C)(C)C)n2)CC1. The van der Waals surface area contributed by atoms with E-state index in [1.54, 1.807) is 0 Å². The summed E-state index contributed by atoms with van der Waals surface area (Å²) >= 11 is 0. The van der Waals surface area contributed by atoms with Crippen LogP contribution in [0.4, 0.5) is 0 Å². The minimum atomic E-state index is -0.193. The molecule has 1 heterocycles. The second kappa shape index (κ2) is 3.04. The molecule has 0 aromatic carbocycles. The summed E-state index contributed by atoms with van der Waals surface area (Å²) in [4.78, 5) is 4.41. The van der Waals surface area contributed by atoms with E-state index in [1.165, 1.54) is 0 Å². The smallest absolute Gasteiger partial charge is 0.244 e. The van der Waals surface area contributed by atoms with Gasteiger partial charge >= 0.3 is 0 Å². The Morgan fingerprint density at radius 1 is 1.40 bits per heavy atom. The van der Waals surface area contributed by atoms with Gasteiger partial charge in [0.05, 0.1) is 6.04 Å². The average Bonchev–Trinajstić information content (AvgIpc) is 2.70. The Labute approximate surface area is 90.2 Å². The van der Waals surface area contributed by atoms with Crippen LogP contribution in [-0.2, 0) is 5.41 Å². The fraction of sp³-hybridized carbons (Fsp3) is 0.818. The third-order valence-corrected chi connectivity index (χ3v) is 3.18. The fourth-order valence-corrected chi connectivity index (χ4v) is 1.39. The lowest BCUT2D eigenvalue weighted by Gasteiger charge is -2.23. The molecule has 1 fully saturated rings. The molecule has 0 aliphatic heterocycles. The number of nitrogens with zero attached hydrogens (tertiary/aromatic N) is 2. The summed E-state index contributed by atoms with van der Waals surface area (Å²) in [5.41, 5.74) is 6.16. The maximum absolute atomic E-state index is 6.05. The molecule has 1 unspecified atom stereocenters. The van der Waals surface area contributed by atoms with E-state index in [0.717, 1.165) is 18.7 Å². The second-order valence-electron chi connectivity index (χ2n) is 5.86. The van der Waals surface area contributed by atoms with Crippen LogP contribution in [0.15, 0.2) is 4.52 Å². The normalized spacial score (nSPS) is 21.4. The van der Waals surface area contributed by atoms with Gasteiger partial charge < -0.3 is 10.3 Å². The predicted molar refractivity (Wildman–Crippen MR) is 57.3 cm³/mol. The van der Waals surface area contributed by atoms with Crippen LogP contribution >= 0.6 is 0 Å². The summed E-state index contributed by atoms with van der Waals surface area (Å²) in [6, 6.07) is -0.193. The highest BCUT2D eigenvalue weighted by Crippen LogP contribution is 2.46. The minimum absolute atomic E-state index is 0.0474. The highest BCUT2D eigenvalue weighted by molar-refractivity contribution is 5.15. The molecule has 15 heavy (non-hydrogen) atoms. The second-order valence-corrected chi connectivity index (χ2v) is 5.86. The molecule has 1 aliphatic carbocycles. The summed E-state index contributed by atoms with van der Waals surface area (Å²) in [5, 5.41) is 4.02. The number of hydrogen-bond acceptors (Lipinski definition) is 4. The molecule has 84 valence electrons. The van der Waals surface area contributed by atoms with E-state index in [-0.39, 0.29) is 16.9 Å². The van der Waals surface area contributed by atoms with Crippen molar-refractivity contribution in [2.24, 2.45) is 11.1 Å². The molecule has 0 radical (unpaired) electrons. The topological polar surface area (TPSA) is 64.9 Å². The van der Waals surface area contributed by atoms with Crippen LogP contribution < -0.4 is 5.73 Å². The lowest BCUT2D eigenvalue weighted by molar-refractivity contribution is 0.252. The average molecular weight is 209 g/mol. The highest BCUT2D eigenvalue weighted by Gasteiger charge is 2.44. The molecule has 2 rings (SSSR count). The van der Waals surface area contributed by atoms with Crippen molar-refractivity contribution in [2.45, 2.75) is 52.0 Å². The molecule has 0 bridgehead atoms. The van der Waals surface area contributed by atoms with Crippen LogP contribution in [-0.4, -0.2) is 10.1 Å². The van der Waals surface area contributed by atoms with Crippen LogP contribution in [0.5, 0.6) is 0 Å². The van der Waals surface area contributed by atoms with Crippen molar-refractivity contribution in [1.82, 2.24) is 10.1 Å². The molecule has 0 spiro atoms. The van der Waals surface area contributed by atoms with Crippen molar-refractivity contribution in [3.05, 3.63) is 11.7 Å². The Hall–Kier alpha value is -0.900. The standard InChI is InChI=1S/C11H19N3O/c1-10(2,3)7(12)8-13-9(14-15-8)11(4)5-6-11/h7H,5-6,12H2,1-4H3. The minimum Gasteiger partial charge on any atom is -0.338 e. The Bertz CT molecular complexity index is 360. The Morgan fingerprint density at radius 3 is 2.47 bits per heavy atom. The van der Waals surface area contributed by atoms with E-state index in [4.69, 9.17) is 10.3 Å². The zero-order valence-corrected chi connectivity index (χ0v) is 9.87. The molecule has 1 aromatic rings. The fourth-order valence-electron chi connectivity index (χ4n) is 1.39. The first kappa shape index (κ1) is 10.6. The van der Waals surface area contributed by atoms with Crippen LogP contribution in [0, 0.1) is 5.41 Å². The maximum Gasteiger partial charge on any atom is 0.244 e. The molecule has 1 aliphatic rings. The summed E-state index contributed by atoms with van der Waals surface area (Å²) in [6.07, 6.45) is 2.30. The quantitative estimate of drug-likeness (QED) is 0.810. The predicted octanol–water partition coefficient (Wildman–Crippen LogP) is 2.17. The monoisotopic (exact) mass is 209 g/mol. The van der Waals surface area contributed by atoms with Gasteiger partial charge in [-0.15, -0.1) is 0 Å². The van der Waals surface area contributed by atoms with Crippen molar-refractivity contribution in [2.75, 3.05) is 0 Å². The van der Waals surface area contributed by atoms with Gasteiger partial charge in [-0.2, -0.15) is 4.98 Å². The molecule has 0 amide bonds. The van der Waals surface area contributed by atoms with Gasteiger partial charge in [-0.3, -0.25) is 0 Å². The van der Waals surface area contributed by atoms with Gasteiger partial charge in [-0.05, 0) is 18.3 Å². The van der Waals surface area contributed by atoms with Crippen molar-refractivity contribution in [3.8, 4) is 0 Å². The van der Waals surface area contributed by atoms with Crippen molar-refractivity contribution in [1.29, 1.82) is 0 Å². The Kier molecular flexibility index (Phi) is 2.15. The van der Waals surface area contributed by atoms with Gasteiger partial charge in [0.15, 0.2) is 5.82 Å². The van der Waals surface area contributed by atoms with E-state index in [0.29, 0.717) is 5.89 Å². The van der Waals surface area contributed by atoms with Crippen LogP contribution in [0.25, 0.3) is 0 Å². The van der Waals surface area contributed by atoms with Crippen LogP contribution in [0.1, 0.15) is 58.3 Å². The van der Waals surface area contributed by atoms with Crippen LogP contribution in [0.3, 0.4) is 0 Å².